The van der Waals surface area contributed by atoms with E-state index in [9.17, 15) is 14.4 Å². The van der Waals surface area contributed by atoms with Gasteiger partial charge in [-0.2, -0.15) is 0 Å². The molecule has 2 aliphatic rings. The smallest absolute Gasteiger partial charge is 0.317 e. The summed E-state index contributed by atoms with van der Waals surface area (Å²) >= 11 is 0. The summed E-state index contributed by atoms with van der Waals surface area (Å²) in [5.41, 5.74) is 0.0553. The van der Waals surface area contributed by atoms with Gasteiger partial charge in [0.15, 0.2) is 0 Å². The molecule has 1 spiro atoms. The average molecular weight is 359 g/mol. The molecule has 1 aromatic rings. The van der Waals surface area contributed by atoms with Crippen molar-refractivity contribution in [3.63, 3.8) is 0 Å². The number of nitrogens with zero attached hydrogens (tertiary/aromatic N) is 3. The molecule has 8 nitrogen and oxygen atoms in total. The van der Waals surface area contributed by atoms with E-state index >= 15 is 0 Å². The number of urea groups is 1. The van der Waals surface area contributed by atoms with Gasteiger partial charge in [0.1, 0.15) is 0 Å². The first kappa shape index (κ1) is 18.2. The monoisotopic (exact) mass is 359 g/mol. The zero-order valence-corrected chi connectivity index (χ0v) is 15.2. The van der Waals surface area contributed by atoms with Gasteiger partial charge in [0.25, 0.3) is 5.91 Å². The maximum absolute atomic E-state index is 12.9. The van der Waals surface area contributed by atoms with Crippen molar-refractivity contribution in [2.75, 3.05) is 32.7 Å². The van der Waals surface area contributed by atoms with Gasteiger partial charge in [-0.15, -0.1) is 0 Å². The van der Waals surface area contributed by atoms with E-state index in [1.807, 2.05) is 13.8 Å². The third-order valence-corrected chi connectivity index (χ3v) is 4.78. The molecule has 1 aromatic heterocycles. The van der Waals surface area contributed by atoms with Crippen LogP contribution in [0.2, 0.25) is 0 Å². The summed E-state index contributed by atoms with van der Waals surface area (Å²) in [7, 11) is 0. The molecule has 140 valence electrons. The van der Waals surface area contributed by atoms with Crippen LogP contribution in [0.1, 0.15) is 30.6 Å². The molecule has 2 fully saturated rings. The molecule has 0 radical (unpaired) electrons. The Kier molecular flexibility index (Phi) is 5.11. The molecule has 0 bridgehead atoms. The van der Waals surface area contributed by atoms with E-state index in [0.717, 1.165) is 0 Å². The van der Waals surface area contributed by atoms with Gasteiger partial charge in [0, 0.05) is 63.0 Å². The Labute approximate surface area is 152 Å². The Morgan fingerprint density at radius 1 is 1.27 bits per heavy atom. The maximum atomic E-state index is 12.9. The molecule has 1 unspecified atom stereocenters. The SMILES string of the molecule is CC(C)NC(=O)N1CCN(C(=O)c2cccnc2)CC2(CNC(=O)C2)C1. The van der Waals surface area contributed by atoms with Crippen LogP contribution >= 0.6 is 0 Å². The van der Waals surface area contributed by atoms with E-state index in [1.54, 1.807) is 34.3 Å². The summed E-state index contributed by atoms with van der Waals surface area (Å²) < 4.78 is 0. The predicted molar refractivity (Wildman–Crippen MR) is 95.4 cm³/mol. The van der Waals surface area contributed by atoms with Crippen LogP contribution in [0.5, 0.6) is 0 Å². The summed E-state index contributed by atoms with van der Waals surface area (Å²) in [6.07, 6.45) is 3.48. The second kappa shape index (κ2) is 7.31. The van der Waals surface area contributed by atoms with Crippen molar-refractivity contribution in [2.45, 2.75) is 26.3 Å². The quantitative estimate of drug-likeness (QED) is 0.802. The summed E-state index contributed by atoms with van der Waals surface area (Å²) in [4.78, 5) is 44.8. The van der Waals surface area contributed by atoms with E-state index < -0.39 is 5.41 Å². The molecule has 2 N–H and O–H groups in total. The van der Waals surface area contributed by atoms with Gasteiger partial charge in [-0.25, -0.2) is 4.79 Å². The lowest BCUT2D eigenvalue weighted by atomic mass is 9.86. The topological polar surface area (TPSA) is 94.6 Å². The number of nitrogens with one attached hydrogen (secondary N) is 2. The second-order valence-electron chi connectivity index (χ2n) is 7.45. The fourth-order valence-electron chi connectivity index (χ4n) is 3.59. The summed E-state index contributed by atoms with van der Waals surface area (Å²) in [6.45, 7) is 6.02. The van der Waals surface area contributed by atoms with Crippen molar-refractivity contribution >= 4 is 17.8 Å². The number of aromatic nitrogens is 1. The Morgan fingerprint density at radius 2 is 2.00 bits per heavy atom. The van der Waals surface area contributed by atoms with Gasteiger partial charge in [0.05, 0.1) is 5.56 Å². The zero-order valence-electron chi connectivity index (χ0n) is 15.2. The summed E-state index contributed by atoms with van der Waals surface area (Å²) in [5.74, 6) is -0.159. The molecular weight excluding hydrogens is 334 g/mol. The van der Waals surface area contributed by atoms with E-state index in [2.05, 4.69) is 15.6 Å². The van der Waals surface area contributed by atoms with E-state index in [1.165, 1.54) is 0 Å². The summed E-state index contributed by atoms with van der Waals surface area (Å²) in [6, 6.07) is 3.32. The Bertz CT molecular complexity index is 693. The molecule has 0 aliphatic carbocycles. The second-order valence-corrected chi connectivity index (χ2v) is 7.45. The number of pyridine rings is 1. The third kappa shape index (κ3) is 3.95. The highest BCUT2D eigenvalue weighted by molar-refractivity contribution is 5.94. The molecule has 3 rings (SSSR count). The van der Waals surface area contributed by atoms with E-state index in [4.69, 9.17) is 0 Å². The van der Waals surface area contributed by atoms with Crippen LogP contribution in [-0.4, -0.2) is 71.4 Å². The van der Waals surface area contributed by atoms with Gasteiger partial charge in [0.2, 0.25) is 5.91 Å². The molecule has 3 heterocycles. The van der Waals surface area contributed by atoms with Crippen LogP contribution in [0.15, 0.2) is 24.5 Å². The van der Waals surface area contributed by atoms with Crippen LogP contribution < -0.4 is 10.6 Å². The largest absolute Gasteiger partial charge is 0.355 e. The lowest BCUT2D eigenvalue weighted by Gasteiger charge is -2.32. The fourth-order valence-corrected chi connectivity index (χ4v) is 3.59. The van der Waals surface area contributed by atoms with Gasteiger partial charge < -0.3 is 20.4 Å². The lowest BCUT2D eigenvalue weighted by Crippen LogP contribution is -2.48. The number of rotatable bonds is 2. The van der Waals surface area contributed by atoms with Crippen LogP contribution in [0, 0.1) is 5.41 Å². The van der Waals surface area contributed by atoms with Crippen molar-refractivity contribution in [1.29, 1.82) is 0 Å². The number of hydrogen-bond donors (Lipinski definition) is 2. The van der Waals surface area contributed by atoms with Gasteiger partial charge in [-0.1, -0.05) is 0 Å². The van der Waals surface area contributed by atoms with Crippen molar-refractivity contribution in [3.05, 3.63) is 30.1 Å². The number of amides is 4. The van der Waals surface area contributed by atoms with Crippen LogP contribution in [0.4, 0.5) is 4.79 Å². The minimum absolute atomic E-state index is 0.0261. The predicted octanol–water partition coefficient (Wildman–Crippen LogP) is 0.464. The highest BCUT2D eigenvalue weighted by Gasteiger charge is 2.45. The Hall–Kier alpha value is -2.64. The first-order valence-electron chi connectivity index (χ1n) is 8.90. The van der Waals surface area contributed by atoms with Gasteiger partial charge in [-0.05, 0) is 26.0 Å². The van der Waals surface area contributed by atoms with E-state index in [-0.39, 0.29) is 23.9 Å². The van der Waals surface area contributed by atoms with Crippen molar-refractivity contribution in [3.8, 4) is 0 Å². The maximum Gasteiger partial charge on any atom is 0.317 e. The van der Waals surface area contributed by atoms with Crippen molar-refractivity contribution in [2.24, 2.45) is 5.41 Å². The van der Waals surface area contributed by atoms with Crippen LogP contribution in [0.3, 0.4) is 0 Å². The molecule has 4 amide bonds. The molecule has 8 heteroatoms. The Balaban J connectivity index is 1.82. The van der Waals surface area contributed by atoms with Gasteiger partial charge in [-0.3, -0.25) is 14.6 Å². The molecule has 1 atom stereocenters. The summed E-state index contributed by atoms with van der Waals surface area (Å²) in [5, 5.41) is 5.76. The highest BCUT2D eigenvalue weighted by atomic mass is 16.2. The number of carbonyl (C=O) groups excluding carboxylic acids is 3. The minimum atomic E-state index is -0.459. The molecule has 2 aliphatic heterocycles. The van der Waals surface area contributed by atoms with Crippen molar-refractivity contribution in [1.82, 2.24) is 25.4 Å². The fraction of sp³-hybridized carbons (Fsp3) is 0.556. The van der Waals surface area contributed by atoms with Crippen molar-refractivity contribution < 1.29 is 14.4 Å². The highest BCUT2D eigenvalue weighted by Crippen LogP contribution is 2.31. The first-order valence-corrected chi connectivity index (χ1v) is 8.90. The first-order chi connectivity index (χ1) is 12.4. The van der Waals surface area contributed by atoms with Crippen LogP contribution in [0.25, 0.3) is 0 Å². The molecule has 2 saturated heterocycles. The third-order valence-electron chi connectivity index (χ3n) is 4.78. The van der Waals surface area contributed by atoms with E-state index in [0.29, 0.717) is 44.7 Å². The molecular formula is C18H25N5O3. The van der Waals surface area contributed by atoms with Gasteiger partial charge >= 0.3 is 6.03 Å². The molecule has 0 saturated carbocycles. The Morgan fingerprint density at radius 3 is 2.62 bits per heavy atom. The number of hydrogen-bond acceptors (Lipinski definition) is 4. The zero-order chi connectivity index (χ0) is 18.7. The normalized spacial score (nSPS) is 23.1. The molecule has 26 heavy (non-hydrogen) atoms. The molecule has 0 aromatic carbocycles. The average Bonchev–Trinajstić information content (AvgIpc) is 2.86. The minimum Gasteiger partial charge on any atom is -0.355 e. The van der Waals surface area contributed by atoms with Crippen LogP contribution in [-0.2, 0) is 4.79 Å². The number of carbonyl (C=O) groups is 3. The standard InChI is InChI=1S/C18H25N5O3/c1-13(2)21-17(26)23-7-6-22(16(25)14-4-3-5-19-9-14)11-18(12-23)8-15(24)20-10-18/h3-5,9,13H,6-8,10-12H2,1-2H3,(H,20,24)(H,21,26). The lowest BCUT2D eigenvalue weighted by molar-refractivity contribution is -0.119.